The molecule has 8 heteroatoms. The van der Waals surface area contributed by atoms with E-state index in [9.17, 15) is 13.2 Å². The average molecular weight is 466 g/mol. The summed E-state index contributed by atoms with van der Waals surface area (Å²) in [6, 6.07) is 25.0. The Balaban J connectivity index is 1.57. The van der Waals surface area contributed by atoms with E-state index < -0.39 is 10.0 Å². The fraction of sp³-hybridized carbons (Fsp3) is 0.0833. The lowest BCUT2D eigenvalue weighted by atomic mass is 10.2. The lowest BCUT2D eigenvalue weighted by Gasteiger charge is -2.17. The zero-order valence-corrected chi connectivity index (χ0v) is 19.1. The Morgan fingerprint density at radius 2 is 1.53 bits per heavy atom. The standard InChI is InChI=1S/C24H23N3O3S2/c1-27(18-20-10-6-3-7-11-20)32(29,30)22-15-13-21(14-16-22)25-24(31)26-23(28)17-12-19-8-4-2-5-9-19/h2-17H,18H2,1H3,(H2,25,26,28,31). The summed E-state index contributed by atoms with van der Waals surface area (Å²) in [6.07, 6.45) is 3.07. The zero-order chi connectivity index (χ0) is 23.0. The lowest BCUT2D eigenvalue weighted by Crippen LogP contribution is -2.32. The molecule has 0 aliphatic carbocycles. The molecule has 6 nitrogen and oxygen atoms in total. The summed E-state index contributed by atoms with van der Waals surface area (Å²) in [5.41, 5.74) is 2.36. The van der Waals surface area contributed by atoms with Crippen molar-refractivity contribution >= 4 is 45.0 Å². The minimum absolute atomic E-state index is 0.115. The van der Waals surface area contributed by atoms with Crippen LogP contribution >= 0.6 is 12.2 Å². The number of sulfonamides is 1. The summed E-state index contributed by atoms with van der Waals surface area (Å²) in [5, 5.41) is 5.55. The molecule has 0 atom stereocenters. The first-order valence-electron chi connectivity index (χ1n) is 9.80. The molecule has 3 aromatic rings. The van der Waals surface area contributed by atoms with Crippen LogP contribution in [0.25, 0.3) is 6.08 Å². The molecule has 2 N–H and O–H groups in total. The molecule has 0 spiro atoms. The molecule has 32 heavy (non-hydrogen) atoms. The van der Waals surface area contributed by atoms with Gasteiger partial charge in [0.1, 0.15) is 0 Å². The fourth-order valence-corrected chi connectivity index (χ4v) is 4.25. The number of hydrogen-bond acceptors (Lipinski definition) is 4. The smallest absolute Gasteiger partial charge is 0.250 e. The van der Waals surface area contributed by atoms with Crippen molar-refractivity contribution in [2.45, 2.75) is 11.4 Å². The summed E-state index contributed by atoms with van der Waals surface area (Å²) in [4.78, 5) is 12.2. The van der Waals surface area contributed by atoms with Crippen LogP contribution < -0.4 is 10.6 Å². The van der Waals surface area contributed by atoms with E-state index in [4.69, 9.17) is 12.2 Å². The maximum atomic E-state index is 12.8. The molecular weight excluding hydrogens is 442 g/mol. The highest BCUT2D eigenvalue weighted by Gasteiger charge is 2.20. The first kappa shape index (κ1) is 23.3. The van der Waals surface area contributed by atoms with Gasteiger partial charge in [0.15, 0.2) is 5.11 Å². The highest BCUT2D eigenvalue weighted by Crippen LogP contribution is 2.19. The van der Waals surface area contributed by atoms with Crippen molar-refractivity contribution in [2.24, 2.45) is 0 Å². The molecule has 0 aliphatic rings. The Hall–Kier alpha value is -3.33. The van der Waals surface area contributed by atoms with E-state index in [1.807, 2.05) is 60.7 Å². The summed E-state index contributed by atoms with van der Waals surface area (Å²) >= 11 is 5.16. The van der Waals surface area contributed by atoms with Crippen LogP contribution in [-0.4, -0.2) is 30.8 Å². The number of rotatable bonds is 7. The number of carbonyl (C=O) groups is 1. The van der Waals surface area contributed by atoms with Gasteiger partial charge in [0, 0.05) is 25.4 Å². The van der Waals surface area contributed by atoms with Crippen molar-refractivity contribution in [1.29, 1.82) is 0 Å². The van der Waals surface area contributed by atoms with E-state index in [0.29, 0.717) is 5.69 Å². The van der Waals surface area contributed by atoms with Crippen molar-refractivity contribution in [1.82, 2.24) is 9.62 Å². The molecule has 0 aromatic heterocycles. The first-order valence-corrected chi connectivity index (χ1v) is 11.6. The van der Waals surface area contributed by atoms with Crippen LogP contribution in [0.3, 0.4) is 0 Å². The monoisotopic (exact) mass is 465 g/mol. The minimum Gasteiger partial charge on any atom is -0.332 e. The second-order valence-electron chi connectivity index (χ2n) is 6.96. The molecule has 3 rings (SSSR count). The van der Waals surface area contributed by atoms with E-state index in [-0.39, 0.29) is 22.5 Å². The Bertz CT molecular complexity index is 1190. The van der Waals surface area contributed by atoms with Crippen LogP contribution in [0.2, 0.25) is 0 Å². The van der Waals surface area contributed by atoms with Gasteiger partial charge < -0.3 is 5.32 Å². The van der Waals surface area contributed by atoms with Crippen LogP contribution in [0, 0.1) is 0 Å². The number of anilines is 1. The molecule has 3 aromatic carbocycles. The van der Waals surface area contributed by atoms with Gasteiger partial charge >= 0.3 is 0 Å². The molecule has 0 heterocycles. The topological polar surface area (TPSA) is 78.5 Å². The third-order valence-corrected chi connectivity index (χ3v) is 6.55. The Labute approximate surface area is 193 Å². The quantitative estimate of drug-likeness (QED) is 0.407. The van der Waals surface area contributed by atoms with E-state index in [1.165, 1.54) is 22.5 Å². The molecule has 0 saturated carbocycles. The second-order valence-corrected chi connectivity index (χ2v) is 9.41. The maximum Gasteiger partial charge on any atom is 0.250 e. The summed E-state index contributed by atoms with van der Waals surface area (Å²) < 4.78 is 26.9. The Morgan fingerprint density at radius 3 is 2.16 bits per heavy atom. The molecule has 0 bridgehead atoms. The van der Waals surface area contributed by atoms with Gasteiger partial charge in [-0.2, -0.15) is 4.31 Å². The highest BCUT2D eigenvalue weighted by molar-refractivity contribution is 7.89. The van der Waals surface area contributed by atoms with Crippen molar-refractivity contribution in [3.8, 4) is 0 Å². The maximum absolute atomic E-state index is 12.8. The SMILES string of the molecule is CN(Cc1ccccc1)S(=O)(=O)c1ccc(NC(=S)NC(=O)C=Cc2ccccc2)cc1. The molecular formula is C24H23N3O3S2. The minimum atomic E-state index is -3.64. The normalized spacial score (nSPS) is 11.4. The summed E-state index contributed by atoms with van der Waals surface area (Å²) in [6.45, 7) is 0.274. The predicted molar refractivity (Wildman–Crippen MR) is 131 cm³/mol. The molecule has 0 unspecified atom stereocenters. The van der Waals surface area contributed by atoms with Crippen molar-refractivity contribution < 1.29 is 13.2 Å². The molecule has 0 fully saturated rings. The van der Waals surface area contributed by atoms with Crippen LogP contribution in [0.4, 0.5) is 5.69 Å². The molecule has 0 saturated heterocycles. The number of carbonyl (C=O) groups excluding carboxylic acids is 1. The summed E-state index contributed by atoms with van der Waals surface area (Å²) in [7, 11) is -2.10. The Kier molecular flexibility index (Phi) is 7.88. The Morgan fingerprint density at radius 1 is 0.938 bits per heavy atom. The average Bonchev–Trinajstić information content (AvgIpc) is 2.79. The molecule has 0 aliphatic heterocycles. The van der Waals surface area contributed by atoms with Gasteiger partial charge in [0.05, 0.1) is 4.90 Å². The number of thiocarbonyl (C=S) groups is 1. The van der Waals surface area contributed by atoms with Gasteiger partial charge in [-0.3, -0.25) is 10.1 Å². The second kappa shape index (κ2) is 10.8. The largest absolute Gasteiger partial charge is 0.332 e. The van der Waals surface area contributed by atoms with Gasteiger partial charge in [-0.25, -0.2) is 8.42 Å². The number of benzene rings is 3. The van der Waals surface area contributed by atoms with Gasteiger partial charge in [0.2, 0.25) is 15.9 Å². The summed E-state index contributed by atoms with van der Waals surface area (Å²) in [5.74, 6) is -0.368. The number of nitrogens with zero attached hydrogens (tertiary/aromatic N) is 1. The lowest BCUT2D eigenvalue weighted by molar-refractivity contribution is -0.115. The third-order valence-electron chi connectivity index (χ3n) is 4.53. The van der Waals surface area contributed by atoms with Crippen molar-refractivity contribution in [3.63, 3.8) is 0 Å². The van der Waals surface area contributed by atoms with Crippen molar-refractivity contribution in [3.05, 3.63) is 102 Å². The zero-order valence-electron chi connectivity index (χ0n) is 17.4. The van der Waals surface area contributed by atoms with E-state index in [0.717, 1.165) is 11.1 Å². The van der Waals surface area contributed by atoms with Crippen LogP contribution in [0.5, 0.6) is 0 Å². The van der Waals surface area contributed by atoms with E-state index in [2.05, 4.69) is 10.6 Å². The number of hydrogen-bond donors (Lipinski definition) is 2. The third kappa shape index (κ3) is 6.58. The van der Waals surface area contributed by atoms with Gasteiger partial charge in [0.25, 0.3) is 0 Å². The predicted octanol–water partition coefficient (Wildman–Crippen LogP) is 4.03. The van der Waals surface area contributed by atoms with Crippen molar-refractivity contribution in [2.75, 3.05) is 12.4 Å². The van der Waals surface area contributed by atoms with E-state index >= 15 is 0 Å². The highest BCUT2D eigenvalue weighted by atomic mass is 32.2. The number of amides is 1. The van der Waals surface area contributed by atoms with Gasteiger partial charge in [-0.1, -0.05) is 60.7 Å². The van der Waals surface area contributed by atoms with Crippen LogP contribution in [0.15, 0.2) is 95.9 Å². The first-order chi connectivity index (χ1) is 15.3. The molecule has 1 amide bonds. The van der Waals surface area contributed by atoms with Gasteiger partial charge in [-0.05, 0) is 53.7 Å². The number of nitrogens with one attached hydrogen (secondary N) is 2. The van der Waals surface area contributed by atoms with Gasteiger partial charge in [-0.15, -0.1) is 0 Å². The fourth-order valence-electron chi connectivity index (χ4n) is 2.87. The molecule has 164 valence electrons. The van der Waals surface area contributed by atoms with Crippen LogP contribution in [-0.2, 0) is 21.4 Å². The van der Waals surface area contributed by atoms with Crippen LogP contribution in [0.1, 0.15) is 11.1 Å². The molecule has 0 radical (unpaired) electrons. The van der Waals surface area contributed by atoms with E-state index in [1.54, 1.807) is 25.3 Å².